The van der Waals surface area contributed by atoms with E-state index in [1.54, 1.807) is 17.5 Å². The van der Waals surface area contributed by atoms with Crippen molar-refractivity contribution in [1.29, 1.82) is 0 Å². The summed E-state index contributed by atoms with van der Waals surface area (Å²) in [5.41, 5.74) is 0. The van der Waals surface area contributed by atoms with Crippen LogP contribution < -0.4 is 4.90 Å². The van der Waals surface area contributed by atoms with Gasteiger partial charge in [0.2, 0.25) is 0 Å². The Morgan fingerprint density at radius 3 is 3.38 bits per heavy atom. The standard InChI is InChI=1S/C8H12N2O2S/c11-6-7-5-10(2-3-12-7)8-9-1-4-13-8/h1,4,7,11H,2-3,5-6H2. The van der Waals surface area contributed by atoms with Gasteiger partial charge >= 0.3 is 0 Å². The van der Waals surface area contributed by atoms with Gasteiger partial charge in [-0.25, -0.2) is 4.98 Å². The average Bonchev–Trinajstić information content (AvgIpc) is 2.71. The van der Waals surface area contributed by atoms with Crippen molar-refractivity contribution in [2.24, 2.45) is 0 Å². The van der Waals surface area contributed by atoms with Crippen LogP contribution in [0.25, 0.3) is 0 Å². The summed E-state index contributed by atoms with van der Waals surface area (Å²) in [5.74, 6) is 0. The topological polar surface area (TPSA) is 45.6 Å². The second-order valence-corrected chi connectivity index (χ2v) is 3.81. The summed E-state index contributed by atoms with van der Waals surface area (Å²) < 4.78 is 5.34. The molecule has 1 aliphatic rings. The lowest BCUT2D eigenvalue weighted by Gasteiger charge is -2.31. The van der Waals surface area contributed by atoms with Crippen LogP contribution >= 0.6 is 11.3 Å². The van der Waals surface area contributed by atoms with Gasteiger partial charge in [-0.1, -0.05) is 0 Å². The molecule has 1 unspecified atom stereocenters. The summed E-state index contributed by atoms with van der Waals surface area (Å²) >= 11 is 1.62. The van der Waals surface area contributed by atoms with E-state index in [2.05, 4.69) is 9.88 Å². The molecule has 5 heteroatoms. The maximum atomic E-state index is 8.94. The van der Waals surface area contributed by atoms with Crippen molar-refractivity contribution in [3.63, 3.8) is 0 Å². The Bertz CT molecular complexity index is 253. The maximum absolute atomic E-state index is 8.94. The van der Waals surface area contributed by atoms with Crippen LogP contribution in [0.5, 0.6) is 0 Å². The average molecular weight is 200 g/mol. The van der Waals surface area contributed by atoms with Crippen LogP contribution in [-0.2, 0) is 4.74 Å². The summed E-state index contributed by atoms with van der Waals surface area (Å²) in [5, 5.41) is 11.9. The molecule has 1 aromatic heterocycles. The van der Waals surface area contributed by atoms with Crippen LogP contribution in [0, 0.1) is 0 Å². The number of ether oxygens (including phenoxy) is 1. The molecule has 1 aliphatic heterocycles. The third-order valence-electron chi connectivity index (χ3n) is 2.03. The minimum absolute atomic E-state index is 0.0577. The zero-order valence-corrected chi connectivity index (χ0v) is 8.04. The Morgan fingerprint density at radius 2 is 2.69 bits per heavy atom. The number of morpholine rings is 1. The molecule has 72 valence electrons. The maximum Gasteiger partial charge on any atom is 0.185 e. The van der Waals surface area contributed by atoms with E-state index in [1.165, 1.54) is 0 Å². The molecule has 4 nitrogen and oxygen atoms in total. The first-order chi connectivity index (χ1) is 6.40. The predicted octanol–water partition coefficient (Wildman–Crippen LogP) is 0.341. The van der Waals surface area contributed by atoms with E-state index in [4.69, 9.17) is 9.84 Å². The quantitative estimate of drug-likeness (QED) is 0.748. The number of thiazole rings is 1. The predicted molar refractivity (Wildman–Crippen MR) is 51.2 cm³/mol. The van der Waals surface area contributed by atoms with Crippen molar-refractivity contribution < 1.29 is 9.84 Å². The molecule has 1 N–H and O–H groups in total. The van der Waals surface area contributed by atoms with E-state index >= 15 is 0 Å². The molecule has 0 aromatic carbocycles. The van der Waals surface area contributed by atoms with Gasteiger partial charge in [0.05, 0.1) is 19.3 Å². The van der Waals surface area contributed by atoms with Gasteiger partial charge in [-0.3, -0.25) is 0 Å². The summed E-state index contributed by atoms with van der Waals surface area (Å²) in [6.07, 6.45) is 1.74. The Balaban J connectivity index is 2.00. The van der Waals surface area contributed by atoms with Gasteiger partial charge < -0.3 is 14.7 Å². The summed E-state index contributed by atoms with van der Waals surface area (Å²) in [6.45, 7) is 2.36. The van der Waals surface area contributed by atoms with Crippen LogP contribution in [-0.4, -0.2) is 42.5 Å². The minimum atomic E-state index is -0.0577. The van der Waals surface area contributed by atoms with E-state index in [-0.39, 0.29) is 12.7 Å². The lowest BCUT2D eigenvalue weighted by Crippen LogP contribution is -2.44. The summed E-state index contributed by atoms with van der Waals surface area (Å²) in [6, 6.07) is 0. The fraction of sp³-hybridized carbons (Fsp3) is 0.625. The first kappa shape index (κ1) is 8.93. The van der Waals surface area contributed by atoms with Crippen molar-refractivity contribution in [3.05, 3.63) is 11.6 Å². The Labute approximate surface area is 80.8 Å². The van der Waals surface area contributed by atoms with Crippen molar-refractivity contribution >= 4 is 16.5 Å². The monoisotopic (exact) mass is 200 g/mol. The number of rotatable bonds is 2. The molecular formula is C8H12N2O2S. The molecule has 1 atom stereocenters. The van der Waals surface area contributed by atoms with Crippen LogP contribution in [0.2, 0.25) is 0 Å². The largest absolute Gasteiger partial charge is 0.394 e. The second kappa shape index (κ2) is 4.04. The Kier molecular flexibility index (Phi) is 2.77. The smallest absolute Gasteiger partial charge is 0.185 e. The van der Waals surface area contributed by atoms with E-state index in [9.17, 15) is 0 Å². The van der Waals surface area contributed by atoms with E-state index < -0.39 is 0 Å². The highest BCUT2D eigenvalue weighted by molar-refractivity contribution is 7.13. The van der Waals surface area contributed by atoms with Gasteiger partial charge in [-0.05, 0) is 0 Å². The van der Waals surface area contributed by atoms with Crippen LogP contribution in [0.15, 0.2) is 11.6 Å². The van der Waals surface area contributed by atoms with E-state index in [1.807, 2.05) is 5.38 Å². The van der Waals surface area contributed by atoms with Crippen LogP contribution in [0.3, 0.4) is 0 Å². The second-order valence-electron chi connectivity index (χ2n) is 2.94. The normalized spacial score (nSPS) is 23.5. The molecule has 1 aromatic rings. The van der Waals surface area contributed by atoms with Crippen molar-refractivity contribution in [1.82, 2.24) is 4.98 Å². The van der Waals surface area contributed by atoms with Gasteiger partial charge in [-0.2, -0.15) is 0 Å². The number of anilines is 1. The highest BCUT2D eigenvalue weighted by Gasteiger charge is 2.20. The van der Waals surface area contributed by atoms with Gasteiger partial charge in [0, 0.05) is 24.7 Å². The van der Waals surface area contributed by atoms with Gasteiger partial charge in [0.1, 0.15) is 0 Å². The number of aliphatic hydroxyl groups excluding tert-OH is 1. The van der Waals surface area contributed by atoms with Gasteiger partial charge in [0.25, 0.3) is 0 Å². The Hall–Kier alpha value is -0.650. The van der Waals surface area contributed by atoms with E-state index in [0.29, 0.717) is 6.61 Å². The fourth-order valence-electron chi connectivity index (χ4n) is 1.38. The third kappa shape index (κ3) is 1.99. The van der Waals surface area contributed by atoms with Crippen LogP contribution in [0.1, 0.15) is 0 Å². The number of hydrogen-bond acceptors (Lipinski definition) is 5. The molecule has 0 radical (unpaired) electrons. The van der Waals surface area contributed by atoms with E-state index in [0.717, 1.165) is 18.2 Å². The van der Waals surface area contributed by atoms with Gasteiger partial charge in [-0.15, -0.1) is 11.3 Å². The van der Waals surface area contributed by atoms with Gasteiger partial charge in [0.15, 0.2) is 5.13 Å². The number of aromatic nitrogens is 1. The first-order valence-electron chi connectivity index (χ1n) is 4.27. The summed E-state index contributed by atoms with van der Waals surface area (Å²) in [4.78, 5) is 6.36. The molecule has 0 amide bonds. The molecule has 0 saturated carbocycles. The Morgan fingerprint density at radius 1 is 1.77 bits per heavy atom. The van der Waals surface area contributed by atoms with Crippen LogP contribution in [0.4, 0.5) is 5.13 Å². The van der Waals surface area contributed by atoms with Crippen molar-refractivity contribution in [3.8, 4) is 0 Å². The number of nitrogens with zero attached hydrogens (tertiary/aromatic N) is 2. The molecule has 1 fully saturated rings. The lowest BCUT2D eigenvalue weighted by atomic mass is 10.3. The summed E-state index contributed by atoms with van der Waals surface area (Å²) in [7, 11) is 0. The molecule has 2 heterocycles. The molecule has 13 heavy (non-hydrogen) atoms. The fourth-order valence-corrected chi connectivity index (χ4v) is 2.06. The number of aliphatic hydroxyl groups is 1. The molecule has 0 bridgehead atoms. The zero-order chi connectivity index (χ0) is 9.10. The molecular weight excluding hydrogens is 188 g/mol. The highest BCUT2D eigenvalue weighted by atomic mass is 32.1. The molecule has 1 saturated heterocycles. The number of hydrogen-bond donors (Lipinski definition) is 1. The molecule has 2 rings (SSSR count). The lowest BCUT2D eigenvalue weighted by molar-refractivity contribution is 0.00356. The minimum Gasteiger partial charge on any atom is -0.394 e. The first-order valence-corrected chi connectivity index (χ1v) is 5.15. The SMILES string of the molecule is OCC1CN(c2nccs2)CCO1. The highest BCUT2D eigenvalue weighted by Crippen LogP contribution is 2.19. The molecule has 0 aliphatic carbocycles. The third-order valence-corrected chi connectivity index (χ3v) is 2.86. The zero-order valence-electron chi connectivity index (χ0n) is 7.22. The molecule has 0 spiro atoms. The van der Waals surface area contributed by atoms with Crippen molar-refractivity contribution in [2.45, 2.75) is 6.10 Å². The van der Waals surface area contributed by atoms with Crippen molar-refractivity contribution in [2.75, 3.05) is 31.2 Å².